The number of carbonyl (C=O) groups is 1. The molecule has 0 radical (unpaired) electrons. The number of rotatable bonds is 5. The molecule has 0 unspecified atom stereocenters. The molecule has 0 spiro atoms. The molecule has 0 aliphatic rings. The van der Waals surface area contributed by atoms with Crippen LogP contribution in [0, 0.1) is 11.6 Å². The molecule has 0 heterocycles. The van der Waals surface area contributed by atoms with Crippen LogP contribution >= 0.6 is 0 Å². The van der Waals surface area contributed by atoms with Gasteiger partial charge in [-0.25, -0.2) is 17.2 Å². The molecule has 0 atom stereocenters. The molecular weight excluding hydrogens is 374 g/mol. The van der Waals surface area contributed by atoms with E-state index in [-0.39, 0.29) is 11.1 Å². The maximum Gasteiger partial charge on any atom is 0.245 e. The summed E-state index contributed by atoms with van der Waals surface area (Å²) in [6, 6.07) is 9.85. The number of hydrogen-bond acceptors (Lipinski definition) is 3. The first kappa shape index (κ1) is 20.8. The van der Waals surface area contributed by atoms with Gasteiger partial charge in [-0.05, 0) is 35.2 Å². The van der Waals surface area contributed by atoms with Gasteiger partial charge in [0.1, 0.15) is 6.54 Å². The van der Waals surface area contributed by atoms with Crippen LogP contribution in [0.25, 0.3) is 0 Å². The van der Waals surface area contributed by atoms with Crippen LogP contribution in [-0.4, -0.2) is 27.1 Å². The van der Waals surface area contributed by atoms with E-state index in [1.807, 2.05) is 12.1 Å². The molecule has 0 aliphatic carbocycles. The zero-order valence-electron chi connectivity index (χ0n) is 15.6. The van der Waals surface area contributed by atoms with Gasteiger partial charge in [-0.1, -0.05) is 32.9 Å². The first-order valence-corrected chi connectivity index (χ1v) is 10.1. The maximum atomic E-state index is 13.4. The van der Waals surface area contributed by atoms with Gasteiger partial charge < -0.3 is 5.32 Å². The number of anilines is 2. The Morgan fingerprint density at radius 2 is 1.63 bits per heavy atom. The normalized spacial score (nSPS) is 11.9. The highest BCUT2D eigenvalue weighted by Crippen LogP contribution is 2.24. The third-order valence-corrected chi connectivity index (χ3v) is 5.05. The smallest absolute Gasteiger partial charge is 0.245 e. The van der Waals surface area contributed by atoms with E-state index < -0.39 is 34.1 Å². The van der Waals surface area contributed by atoms with Crippen molar-refractivity contribution >= 4 is 27.3 Å². The van der Waals surface area contributed by atoms with Crippen molar-refractivity contribution in [1.29, 1.82) is 0 Å². The summed E-state index contributed by atoms with van der Waals surface area (Å²) in [6.07, 6.45) is 0.889. The lowest BCUT2D eigenvalue weighted by Crippen LogP contribution is -2.37. The molecule has 5 nitrogen and oxygen atoms in total. The molecule has 0 saturated heterocycles. The Balaban J connectivity index is 2.18. The molecule has 2 aromatic carbocycles. The summed E-state index contributed by atoms with van der Waals surface area (Å²) in [6.45, 7) is 5.62. The first-order valence-electron chi connectivity index (χ1n) is 8.21. The van der Waals surface area contributed by atoms with Crippen LogP contribution in [0.1, 0.15) is 26.3 Å². The molecule has 146 valence electrons. The predicted octanol–water partition coefficient (Wildman–Crippen LogP) is 3.67. The van der Waals surface area contributed by atoms with Crippen LogP contribution in [0.15, 0.2) is 42.5 Å². The Labute approximate surface area is 158 Å². The van der Waals surface area contributed by atoms with Gasteiger partial charge in [-0.15, -0.1) is 0 Å². The van der Waals surface area contributed by atoms with Crippen LogP contribution in [0.4, 0.5) is 20.2 Å². The molecule has 0 saturated carbocycles. The van der Waals surface area contributed by atoms with E-state index in [9.17, 15) is 22.0 Å². The minimum absolute atomic E-state index is 0.0394. The number of benzene rings is 2. The van der Waals surface area contributed by atoms with Gasteiger partial charge in [-0.2, -0.15) is 0 Å². The number of nitrogens with one attached hydrogen (secondary N) is 1. The monoisotopic (exact) mass is 396 g/mol. The summed E-state index contributed by atoms with van der Waals surface area (Å²) in [5.74, 6) is -2.90. The molecule has 0 aromatic heterocycles. The van der Waals surface area contributed by atoms with Gasteiger partial charge in [0.25, 0.3) is 0 Å². The van der Waals surface area contributed by atoms with Crippen molar-refractivity contribution in [2.24, 2.45) is 0 Å². The predicted molar refractivity (Wildman–Crippen MR) is 102 cm³/mol. The summed E-state index contributed by atoms with van der Waals surface area (Å²) in [4.78, 5) is 12.3. The van der Waals surface area contributed by atoms with E-state index in [4.69, 9.17) is 0 Å². The average molecular weight is 396 g/mol. The summed E-state index contributed by atoms with van der Waals surface area (Å²) in [5, 5.41) is 2.61. The molecule has 1 amide bonds. The maximum absolute atomic E-state index is 13.4. The fourth-order valence-corrected chi connectivity index (χ4v) is 3.27. The molecule has 2 rings (SSSR count). The fourth-order valence-electron chi connectivity index (χ4n) is 2.42. The highest BCUT2D eigenvalue weighted by molar-refractivity contribution is 7.92. The van der Waals surface area contributed by atoms with Crippen LogP contribution < -0.4 is 9.62 Å². The summed E-state index contributed by atoms with van der Waals surface area (Å²) in [5.41, 5.74) is 1.42. The van der Waals surface area contributed by atoms with Crippen molar-refractivity contribution in [2.75, 3.05) is 22.4 Å². The van der Waals surface area contributed by atoms with Crippen LogP contribution in [0.5, 0.6) is 0 Å². The van der Waals surface area contributed by atoms with Gasteiger partial charge in [0.15, 0.2) is 11.6 Å². The zero-order chi connectivity index (χ0) is 20.4. The van der Waals surface area contributed by atoms with E-state index in [2.05, 4.69) is 26.1 Å². The third kappa shape index (κ3) is 5.50. The molecule has 0 bridgehead atoms. The lowest BCUT2D eigenvalue weighted by molar-refractivity contribution is -0.114. The van der Waals surface area contributed by atoms with Gasteiger partial charge in [0.05, 0.1) is 11.9 Å². The summed E-state index contributed by atoms with van der Waals surface area (Å²) < 4.78 is 51.3. The average Bonchev–Trinajstić information content (AvgIpc) is 2.54. The van der Waals surface area contributed by atoms with Crippen LogP contribution in [0.2, 0.25) is 0 Å². The van der Waals surface area contributed by atoms with Crippen molar-refractivity contribution in [3.05, 3.63) is 59.7 Å². The largest absolute Gasteiger partial charge is 0.325 e. The van der Waals surface area contributed by atoms with Gasteiger partial charge >= 0.3 is 0 Å². The highest BCUT2D eigenvalue weighted by atomic mass is 32.2. The Hall–Kier alpha value is -2.48. The molecule has 27 heavy (non-hydrogen) atoms. The molecule has 0 aliphatic heterocycles. The molecule has 0 fully saturated rings. The van der Waals surface area contributed by atoms with Crippen molar-refractivity contribution < 1.29 is 22.0 Å². The second-order valence-corrected chi connectivity index (χ2v) is 9.15. The number of amides is 1. The Morgan fingerprint density at radius 1 is 1.04 bits per heavy atom. The number of sulfonamides is 1. The standard InChI is InChI=1S/C19H22F2N2O3S/c1-19(2,3)13-5-7-14(8-6-13)22-18(24)12-23(27(4,25)26)15-9-10-16(20)17(21)11-15/h5-11H,12H2,1-4H3,(H,22,24). The van der Waals surface area contributed by atoms with Gasteiger partial charge in [0.2, 0.25) is 15.9 Å². The van der Waals surface area contributed by atoms with Crippen molar-refractivity contribution in [3.8, 4) is 0 Å². The fraction of sp³-hybridized carbons (Fsp3) is 0.316. The van der Waals surface area contributed by atoms with Crippen molar-refractivity contribution in [2.45, 2.75) is 26.2 Å². The van der Waals surface area contributed by atoms with E-state index in [0.29, 0.717) is 9.99 Å². The number of nitrogens with zero attached hydrogens (tertiary/aromatic N) is 1. The van der Waals surface area contributed by atoms with E-state index in [0.717, 1.165) is 30.0 Å². The van der Waals surface area contributed by atoms with E-state index in [1.54, 1.807) is 12.1 Å². The second-order valence-electron chi connectivity index (χ2n) is 7.24. The molecule has 2 aromatic rings. The molecule has 8 heteroatoms. The number of carbonyl (C=O) groups excluding carboxylic acids is 1. The number of hydrogen-bond donors (Lipinski definition) is 1. The quantitative estimate of drug-likeness (QED) is 0.839. The van der Waals surface area contributed by atoms with Gasteiger partial charge in [-0.3, -0.25) is 9.10 Å². The van der Waals surface area contributed by atoms with Crippen molar-refractivity contribution in [1.82, 2.24) is 0 Å². The summed E-state index contributed by atoms with van der Waals surface area (Å²) >= 11 is 0. The Kier molecular flexibility index (Phi) is 5.89. The zero-order valence-corrected chi connectivity index (χ0v) is 16.4. The SMILES string of the molecule is CC(C)(C)c1ccc(NC(=O)CN(c2ccc(F)c(F)c2)S(C)(=O)=O)cc1. The topological polar surface area (TPSA) is 66.5 Å². The lowest BCUT2D eigenvalue weighted by atomic mass is 9.87. The van der Waals surface area contributed by atoms with Crippen molar-refractivity contribution in [3.63, 3.8) is 0 Å². The summed E-state index contributed by atoms with van der Waals surface area (Å²) in [7, 11) is -3.88. The first-order chi connectivity index (χ1) is 12.4. The van der Waals surface area contributed by atoms with Crippen LogP contribution in [0.3, 0.4) is 0 Å². The second kappa shape index (κ2) is 7.64. The third-order valence-electron chi connectivity index (χ3n) is 3.91. The number of halogens is 2. The molecular formula is C19H22F2N2O3S. The Bertz CT molecular complexity index is 936. The lowest BCUT2D eigenvalue weighted by Gasteiger charge is -2.22. The highest BCUT2D eigenvalue weighted by Gasteiger charge is 2.22. The minimum atomic E-state index is -3.88. The Morgan fingerprint density at radius 3 is 2.11 bits per heavy atom. The van der Waals surface area contributed by atoms with E-state index in [1.165, 1.54) is 0 Å². The van der Waals surface area contributed by atoms with E-state index >= 15 is 0 Å². The molecule has 1 N–H and O–H groups in total. The minimum Gasteiger partial charge on any atom is -0.325 e. The van der Waals surface area contributed by atoms with Crippen LogP contribution in [-0.2, 0) is 20.2 Å². The van der Waals surface area contributed by atoms with Gasteiger partial charge in [0, 0.05) is 11.8 Å².